The van der Waals surface area contributed by atoms with Crippen LogP contribution >= 0.6 is 15.9 Å². The molecule has 0 saturated carbocycles. The van der Waals surface area contributed by atoms with Crippen molar-refractivity contribution in [2.75, 3.05) is 32.2 Å². The molecular weight excluding hydrogens is 468 g/mol. The molecule has 0 heterocycles. The first-order chi connectivity index (χ1) is 15.0. The van der Waals surface area contributed by atoms with Crippen LogP contribution in [-0.2, 0) is 19.1 Å². The van der Waals surface area contributed by atoms with Gasteiger partial charge in [0.05, 0.1) is 6.21 Å². The summed E-state index contributed by atoms with van der Waals surface area (Å²) in [6.07, 6.45) is 1.97. The zero-order valence-electron chi connectivity index (χ0n) is 16.9. The van der Waals surface area contributed by atoms with Gasteiger partial charge in [-0.1, -0.05) is 28.1 Å². The van der Waals surface area contributed by atoms with Crippen LogP contribution in [0.1, 0.15) is 12.0 Å². The molecule has 0 spiro atoms. The highest BCUT2D eigenvalue weighted by molar-refractivity contribution is 9.10. The minimum absolute atomic E-state index is 0.170. The van der Waals surface area contributed by atoms with E-state index in [1.807, 2.05) is 12.1 Å². The minimum atomic E-state index is -0.870. The number of hydrogen-bond acceptors (Lipinski definition) is 6. The van der Waals surface area contributed by atoms with Gasteiger partial charge in [0.25, 0.3) is 5.91 Å². The van der Waals surface area contributed by atoms with E-state index in [1.165, 1.54) is 6.21 Å². The number of ether oxygens (including phenoxy) is 2. The molecule has 0 aliphatic heterocycles. The van der Waals surface area contributed by atoms with Crippen molar-refractivity contribution in [3.8, 4) is 5.75 Å². The third kappa shape index (κ3) is 9.41. The first kappa shape index (κ1) is 24.0. The standard InChI is InChI=1S/C21H23BrN4O5/c1-30-11-3-10-23-20(28)21(29)26-24-13-15-4-2-5-18(12-15)31-14-19(27)25-17-8-6-16(22)7-9-17/h2,4-9,12-13H,3,10-11,14H2,1H3,(H,23,28)(H,25,27)(H,26,29)/b24-13-. The molecule has 0 aliphatic rings. The molecule has 0 radical (unpaired) electrons. The molecule has 0 aromatic heterocycles. The fourth-order valence-corrected chi connectivity index (χ4v) is 2.54. The van der Waals surface area contributed by atoms with Crippen molar-refractivity contribution >= 4 is 45.6 Å². The monoisotopic (exact) mass is 490 g/mol. The summed E-state index contributed by atoms with van der Waals surface area (Å²) in [4.78, 5) is 35.3. The molecule has 0 unspecified atom stereocenters. The Hall–Kier alpha value is -3.24. The Morgan fingerprint density at radius 1 is 1.10 bits per heavy atom. The lowest BCUT2D eigenvalue weighted by Crippen LogP contribution is -2.38. The number of hydrazone groups is 1. The SMILES string of the molecule is COCCCNC(=O)C(=O)N/N=C\c1cccc(OCC(=O)Nc2ccc(Br)cc2)c1. The van der Waals surface area contributed by atoms with Gasteiger partial charge in [0.15, 0.2) is 6.61 Å². The molecule has 9 nitrogen and oxygen atoms in total. The normalized spacial score (nSPS) is 10.5. The summed E-state index contributed by atoms with van der Waals surface area (Å²) in [5.41, 5.74) is 3.43. The average Bonchev–Trinajstić information content (AvgIpc) is 2.77. The molecule has 3 amide bonds. The van der Waals surface area contributed by atoms with Gasteiger partial charge in [0.1, 0.15) is 5.75 Å². The second kappa shape index (κ2) is 13.1. The minimum Gasteiger partial charge on any atom is -0.484 e. The van der Waals surface area contributed by atoms with Gasteiger partial charge in [0, 0.05) is 30.4 Å². The number of carbonyl (C=O) groups excluding carboxylic acids is 3. The van der Waals surface area contributed by atoms with Crippen LogP contribution < -0.4 is 20.8 Å². The predicted molar refractivity (Wildman–Crippen MR) is 120 cm³/mol. The molecule has 0 saturated heterocycles. The molecule has 3 N–H and O–H groups in total. The molecule has 0 bridgehead atoms. The number of amides is 3. The van der Waals surface area contributed by atoms with Gasteiger partial charge in [-0.2, -0.15) is 5.10 Å². The lowest BCUT2D eigenvalue weighted by atomic mass is 10.2. The number of nitrogens with one attached hydrogen (secondary N) is 3. The lowest BCUT2D eigenvalue weighted by Gasteiger charge is -2.08. The van der Waals surface area contributed by atoms with Gasteiger partial charge >= 0.3 is 11.8 Å². The Morgan fingerprint density at radius 2 is 1.87 bits per heavy atom. The number of methoxy groups -OCH3 is 1. The summed E-state index contributed by atoms with van der Waals surface area (Å²) in [6.45, 7) is 0.652. The Labute approximate surface area is 188 Å². The summed E-state index contributed by atoms with van der Waals surface area (Å²) < 4.78 is 11.3. The molecule has 0 aliphatic carbocycles. The summed E-state index contributed by atoms with van der Waals surface area (Å²) >= 11 is 3.33. The van der Waals surface area contributed by atoms with Crippen molar-refractivity contribution in [2.24, 2.45) is 5.10 Å². The van der Waals surface area contributed by atoms with E-state index in [9.17, 15) is 14.4 Å². The number of nitrogens with zero attached hydrogens (tertiary/aromatic N) is 1. The first-order valence-corrected chi connectivity index (χ1v) is 10.2. The quantitative estimate of drug-likeness (QED) is 0.204. The van der Waals surface area contributed by atoms with Crippen molar-refractivity contribution in [1.29, 1.82) is 0 Å². The van der Waals surface area contributed by atoms with E-state index >= 15 is 0 Å². The molecule has 31 heavy (non-hydrogen) atoms. The van der Waals surface area contributed by atoms with E-state index in [0.717, 1.165) is 4.47 Å². The summed E-state index contributed by atoms with van der Waals surface area (Å²) in [6, 6.07) is 14.0. The van der Waals surface area contributed by atoms with Gasteiger partial charge in [0.2, 0.25) is 0 Å². The van der Waals surface area contributed by atoms with Crippen molar-refractivity contribution in [2.45, 2.75) is 6.42 Å². The van der Waals surface area contributed by atoms with E-state index in [1.54, 1.807) is 43.5 Å². The van der Waals surface area contributed by atoms with Crippen LogP contribution in [0.3, 0.4) is 0 Å². The van der Waals surface area contributed by atoms with Crippen molar-refractivity contribution < 1.29 is 23.9 Å². The van der Waals surface area contributed by atoms with Crippen LogP contribution in [0.5, 0.6) is 5.75 Å². The summed E-state index contributed by atoms with van der Waals surface area (Å²) in [7, 11) is 1.56. The molecule has 10 heteroatoms. The predicted octanol–water partition coefficient (Wildman–Crippen LogP) is 2.07. The maximum atomic E-state index is 12.0. The van der Waals surface area contributed by atoms with Crippen molar-refractivity contribution in [1.82, 2.24) is 10.7 Å². The molecule has 2 rings (SSSR count). The zero-order valence-corrected chi connectivity index (χ0v) is 18.5. The Balaban J connectivity index is 1.77. The van der Waals surface area contributed by atoms with Crippen LogP contribution in [0.4, 0.5) is 5.69 Å². The summed E-state index contributed by atoms with van der Waals surface area (Å²) in [5, 5.41) is 8.94. The van der Waals surface area contributed by atoms with Gasteiger partial charge in [-0.05, 0) is 48.4 Å². The molecule has 164 valence electrons. The fraction of sp³-hybridized carbons (Fsp3) is 0.238. The lowest BCUT2D eigenvalue weighted by molar-refractivity contribution is -0.139. The van der Waals surface area contributed by atoms with Crippen LogP contribution in [0.25, 0.3) is 0 Å². The highest BCUT2D eigenvalue weighted by Gasteiger charge is 2.11. The average molecular weight is 491 g/mol. The molecule has 0 fully saturated rings. The zero-order chi connectivity index (χ0) is 22.5. The van der Waals surface area contributed by atoms with E-state index in [-0.39, 0.29) is 12.5 Å². The van der Waals surface area contributed by atoms with E-state index in [4.69, 9.17) is 9.47 Å². The third-order valence-corrected chi connectivity index (χ3v) is 4.28. The molecule has 2 aromatic carbocycles. The Morgan fingerprint density at radius 3 is 2.61 bits per heavy atom. The molecule has 0 atom stereocenters. The highest BCUT2D eigenvalue weighted by Crippen LogP contribution is 2.15. The third-order valence-electron chi connectivity index (χ3n) is 3.75. The van der Waals surface area contributed by atoms with Gasteiger partial charge in [-0.25, -0.2) is 5.43 Å². The highest BCUT2D eigenvalue weighted by atomic mass is 79.9. The van der Waals surface area contributed by atoms with Crippen LogP contribution in [0.15, 0.2) is 58.1 Å². The Kier molecular flexibility index (Phi) is 10.2. The van der Waals surface area contributed by atoms with Gasteiger partial charge < -0.3 is 20.1 Å². The van der Waals surface area contributed by atoms with E-state index in [2.05, 4.69) is 37.1 Å². The second-order valence-corrected chi connectivity index (χ2v) is 7.13. The topological polar surface area (TPSA) is 118 Å². The largest absolute Gasteiger partial charge is 0.484 e. The number of halogens is 1. The molecular formula is C21H23BrN4O5. The van der Waals surface area contributed by atoms with Crippen molar-refractivity contribution in [3.05, 3.63) is 58.6 Å². The Bertz CT molecular complexity index is 918. The fourth-order valence-electron chi connectivity index (χ4n) is 2.28. The maximum absolute atomic E-state index is 12.0. The van der Waals surface area contributed by atoms with Crippen LogP contribution in [0.2, 0.25) is 0 Å². The number of anilines is 1. The maximum Gasteiger partial charge on any atom is 0.329 e. The molecule has 2 aromatic rings. The van der Waals surface area contributed by atoms with E-state index in [0.29, 0.717) is 36.6 Å². The van der Waals surface area contributed by atoms with Crippen molar-refractivity contribution in [3.63, 3.8) is 0 Å². The number of benzene rings is 2. The second-order valence-electron chi connectivity index (χ2n) is 6.22. The first-order valence-electron chi connectivity index (χ1n) is 9.36. The van der Waals surface area contributed by atoms with E-state index < -0.39 is 11.8 Å². The smallest absolute Gasteiger partial charge is 0.329 e. The summed E-state index contributed by atoms with van der Waals surface area (Å²) in [5.74, 6) is -1.49. The number of rotatable bonds is 10. The number of carbonyl (C=O) groups is 3. The number of hydrogen-bond donors (Lipinski definition) is 3. The van der Waals surface area contributed by atoms with Crippen LogP contribution in [0, 0.1) is 0 Å². The van der Waals surface area contributed by atoms with Gasteiger partial charge in [-0.3, -0.25) is 14.4 Å². The van der Waals surface area contributed by atoms with Gasteiger partial charge in [-0.15, -0.1) is 0 Å². The van der Waals surface area contributed by atoms with Crippen LogP contribution in [-0.4, -0.2) is 50.8 Å².